The minimum absolute atomic E-state index is 0.136. The maximum absolute atomic E-state index is 11.8. The standard InChI is InChI=1S/C8H12N2O4S/c11-5-1-10(2-6(5)12)7(13)4-3-15-8(14)9-4/h4-6,11-12H,1-3H2,(H,9,14)/t4?,5-,6+. The summed E-state index contributed by atoms with van der Waals surface area (Å²) in [6, 6.07) is -0.514. The number of nitrogens with one attached hydrogen (secondary N) is 1. The Bertz CT molecular complexity index is 288. The highest BCUT2D eigenvalue weighted by molar-refractivity contribution is 8.14. The van der Waals surface area contributed by atoms with Crippen LogP contribution in [0.15, 0.2) is 0 Å². The summed E-state index contributed by atoms with van der Waals surface area (Å²) in [7, 11) is 0. The second-order valence-corrected chi connectivity index (χ2v) is 4.67. The summed E-state index contributed by atoms with van der Waals surface area (Å²) in [6.07, 6.45) is -1.75. The van der Waals surface area contributed by atoms with E-state index >= 15 is 0 Å². The second kappa shape index (κ2) is 3.99. The first kappa shape index (κ1) is 10.7. The molecule has 2 saturated heterocycles. The molecule has 7 heteroatoms. The van der Waals surface area contributed by atoms with Gasteiger partial charge in [0.2, 0.25) is 5.91 Å². The molecule has 2 amide bonds. The van der Waals surface area contributed by atoms with Crippen molar-refractivity contribution in [3.05, 3.63) is 0 Å². The Morgan fingerprint density at radius 1 is 1.40 bits per heavy atom. The monoisotopic (exact) mass is 232 g/mol. The van der Waals surface area contributed by atoms with Crippen molar-refractivity contribution in [3.63, 3.8) is 0 Å². The fraction of sp³-hybridized carbons (Fsp3) is 0.750. The lowest BCUT2D eigenvalue weighted by Crippen LogP contribution is -2.45. The van der Waals surface area contributed by atoms with Crippen LogP contribution in [0.4, 0.5) is 4.79 Å². The zero-order chi connectivity index (χ0) is 11.0. The highest BCUT2D eigenvalue weighted by Gasteiger charge is 2.38. The number of hydrogen-bond acceptors (Lipinski definition) is 5. The predicted molar refractivity (Wildman–Crippen MR) is 53.4 cm³/mol. The van der Waals surface area contributed by atoms with Gasteiger partial charge in [0.1, 0.15) is 6.04 Å². The van der Waals surface area contributed by atoms with E-state index in [9.17, 15) is 19.8 Å². The fourth-order valence-corrected chi connectivity index (χ4v) is 2.46. The SMILES string of the molecule is O=C1NC(C(=O)N2C[C@@H](O)[C@@H](O)C2)CS1. The molecule has 3 atom stereocenters. The summed E-state index contributed by atoms with van der Waals surface area (Å²) >= 11 is 1.07. The third-order valence-electron chi connectivity index (χ3n) is 2.54. The van der Waals surface area contributed by atoms with Crippen molar-refractivity contribution in [2.45, 2.75) is 18.2 Å². The number of β-amino-alcohol motifs (C(OH)–C–C–N with tert-alkyl or cyclic N) is 2. The van der Waals surface area contributed by atoms with Crippen molar-refractivity contribution in [2.24, 2.45) is 0 Å². The van der Waals surface area contributed by atoms with Gasteiger partial charge in [-0.25, -0.2) is 0 Å². The fourth-order valence-electron chi connectivity index (χ4n) is 1.69. The molecule has 15 heavy (non-hydrogen) atoms. The van der Waals surface area contributed by atoms with E-state index in [1.165, 1.54) is 4.90 Å². The Labute approximate surface area is 90.6 Å². The van der Waals surface area contributed by atoms with Crippen molar-refractivity contribution in [1.82, 2.24) is 10.2 Å². The molecule has 2 heterocycles. The molecule has 2 rings (SSSR count). The Morgan fingerprint density at radius 2 is 2.00 bits per heavy atom. The second-order valence-electron chi connectivity index (χ2n) is 3.67. The topological polar surface area (TPSA) is 89.9 Å². The molecular weight excluding hydrogens is 220 g/mol. The number of carbonyl (C=O) groups is 2. The summed E-state index contributed by atoms with van der Waals surface area (Å²) in [5.74, 6) is 0.185. The third-order valence-corrected chi connectivity index (χ3v) is 3.42. The van der Waals surface area contributed by atoms with Crippen LogP contribution in [0, 0.1) is 0 Å². The first-order valence-electron chi connectivity index (χ1n) is 4.66. The average Bonchev–Trinajstić information content (AvgIpc) is 2.74. The van der Waals surface area contributed by atoms with E-state index in [1.54, 1.807) is 0 Å². The van der Waals surface area contributed by atoms with Crippen molar-refractivity contribution in [2.75, 3.05) is 18.8 Å². The lowest BCUT2D eigenvalue weighted by Gasteiger charge is -2.19. The van der Waals surface area contributed by atoms with E-state index in [1.807, 2.05) is 0 Å². The molecule has 0 bridgehead atoms. The zero-order valence-electron chi connectivity index (χ0n) is 7.92. The van der Waals surface area contributed by atoms with Gasteiger partial charge in [-0.3, -0.25) is 9.59 Å². The van der Waals surface area contributed by atoms with Gasteiger partial charge in [-0.05, 0) is 0 Å². The molecule has 2 aliphatic rings. The van der Waals surface area contributed by atoms with Crippen molar-refractivity contribution < 1.29 is 19.8 Å². The van der Waals surface area contributed by atoms with Crippen molar-refractivity contribution >= 4 is 22.9 Å². The molecule has 0 aliphatic carbocycles. The zero-order valence-corrected chi connectivity index (χ0v) is 8.74. The molecule has 0 spiro atoms. The normalized spacial score (nSPS) is 35.7. The number of carbonyl (C=O) groups excluding carboxylic acids is 2. The Kier molecular flexibility index (Phi) is 2.85. The molecule has 0 saturated carbocycles. The summed E-state index contributed by atoms with van der Waals surface area (Å²) < 4.78 is 0. The van der Waals surface area contributed by atoms with Gasteiger partial charge in [-0.15, -0.1) is 0 Å². The molecular formula is C8H12N2O4S. The quantitative estimate of drug-likeness (QED) is 0.505. The largest absolute Gasteiger partial charge is 0.388 e. The molecule has 2 fully saturated rings. The van der Waals surface area contributed by atoms with Crippen LogP contribution in [-0.4, -0.2) is 63.4 Å². The summed E-state index contributed by atoms with van der Waals surface area (Å²) in [6.45, 7) is 0.272. The molecule has 0 radical (unpaired) electrons. The number of amides is 2. The van der Waals surface area contributed by atoms with Gasteiger partial charge >= 0.3 is 0 Å². The Balaban J connectivity index is 1.94. The average molecular weight is 232 g/mol. The number of nitrogens with zero attached hydrogens (tertiary/aromatic N) is 1. The van der Waals surface area contributed by atoms with Crippen LogP contribution >= 0.6 is 11.8 Å². The maximum atomic E-state index is 11.8. The number of rotatable bonds is 1. The van der Waals surface area contributed by atoms with Crippen LogP contribution in [-0.2, 0) is 4.79 Å². The van der Waals surface area contributed by atoms with Gasteiger partial charge in [-0.2, -0.15) is 0 Å². The summed E-state index contributed by atoms with van der Waals surface area (Å²) in [5, 5.41) is 20.9. The molecule has 6 nitrogen and oxygen atoms in total. The van der Waals surface area contributed by atoms with Gasteiger partial charge in [0, 0.05) is 18.8 Å². The van der Waals surface area contributed by atoms with E-state index in [0.29, 0.717) is 5.75 Å². The summed E-state index contributed by atoms with van der Waals surface area (Å²) in [5.41, 5.74) is 0. The van der Waals surface area contributed by atoms with Crippen molar-refractivity contribution in [3.8, 4) is 0 Å². The van der Waals surface area contributed by atoms with E-state index in [-0.39, 0.29) is 24.2 Å². The minimum atomic E-state index is -0.876. The van der Waals surface area contributed by atoms with E-state index in [0.717, 1.165) is 11.8 Å². The first-order chi connectivity index (χ1) is 7.08. The van der Waals surface area contributed by atoms with E-state index in [2.05, 4.69) is 5.32 Å². The minimum Gasteiger partial charge on any atom is -0.388 e. The maximum Gasteiger partial charge on any atom is 0.279 e. The first-order valence-corrected chi connectivity index (χ1v) is 5.64. The van der Waals surface area contributed by atoms with Gasteiger partial charge < -0.3 is 20.4 Å². The van der Waals surface area contributed by atoms with Crippen LogP contribution in [0.5, 0.6) is 0 Å². The Morgan fingerprint density at radius 3 is 2.47 bits per heavy atom. The predicted octanol–water partition coefficient (Wildman–Crippen LogP) is -1.62. The molecule has 0 aromatic rings. The number of likely N-dealkylation sites (tertiary alicyclic amines) is 1. The number of aliphatic hydroxyl groups is 2. The van der Waals surface area contributed by atoms with Crippen LogP contribution in [0.1, 0.15) is 0 Å². The number of aliphatic hydroxyl groups excluding tert-OH is 2. The molecule has 0 aromatic carbocycles. The van der Waals surface area contributed by atoms with Gasteiger partial charge in [0.05, 0.1) is 12.2 Å². The molecule has 3 N–H and O–H groups in total. The smallest absolute Gasteiger partial charge is 0.279 e. The molecule has 1 unspecified atom stereocenters. The van der Waals surface area contributed by atoms with Crippen LogP contribution < -0.4 is 5.32 Å². The molecule has 2 aliphatic heterocycles. The number of hydrogen-bond donors (Lipinski definition) is 3. The number of thioether (sulfide) groups is 1. The lowest BCUT2D eigenvalue weighted by molar-refractivity contribution is -0.132. The van der Waals surface area contributed by atoms with E-state index < -0.39 is 18.2 Å². The highest BCUT2D eigenvalue weighted by atomic mass is 32.2. The third kappa shape index (κ3) is 2.09. The molecule has 0 aromatic heterocycles. The Hall–Kier alpha value is -0.790. The van der Waals surface area contributed by atoms with E-state index in [4.69, 9.17) is 0 Å². The van der Waals surface area contributed by atoms with Crippen LogP contribution in [0.2, 0.25) is 0 Å². The lowest BCUT2D eigenvalue weighted by atomic mass is 10.3. The summed E-state index contributed by atoms with van der Waals surface area (Å²) in [4.78, 5) is 24.0. The van der Waals surface area contributed by atoms with Crippen molar-refractivity contribution in [1.29, 1.82) is 0 Å². The highest BCUT2D eigenvalue weighted by Crippen LogP contribution is 2.17. The van der Waals surface area contributed by atoms with Gasteiger partial charge in [-0.1, -0.05) is 11.8 Å². The van der Waals surface area contributed by atoms with Crippen LogP contribution in [0.25, 0.3) is 0 Å². The van der Waals surface area contributed by atoms with Gasteiger partial charge in [0.15, 0.2) is 0 Å². The van der Waals surface area contributed by atoms with Crippen LogP contribution in [0.3, 0.4) is 0 Å². The molecule has 84 valence electrons. The van der Waals surface area contributed by atoms with Gasteiger partial charge in [0.25, 0.3) is 5.24 Å².